The number of nitrogens with one attached hydrogen (secondary N) is 1. The first kappa shape index (κ1) is 11.4. The van der Waals surface area contributed by atoms with Gasteiger partial charge >= 0.3 is 0 Å². The van der Waals surface area contributed by atoms with Crippen molar-refractivity contribution in [2.24, 2.45) is 5.92 Å². The van der Waals surface area contributed by atoms with E-state index in [1.165, 1.54) is 0 Å². The summed E-state index contributed by atoms with van der Waals surface area (Å²) in [6, 6.07) is 0. The van der Waals surface area contributed by atoms with Gasteiger partial charge in [0.05, 0.1) is 6.61 Å². The van der Waals surface area contributed by atoms with Crippen molar-refractivity contribution in [2.75, 3.05) is 13.7 Å². The smallest absolute Gasteiger partial charge is 0.195 e. The minimum absolute atomic E-state index is 0.570. The third-order valence-corrected chi connectivity index (χ3v) is 2.23. The van der Waals surface area contributed by atoms with E-state index >= 15 is 0 Å². The monoisotopic (exact) mass is 215 g/mol. The van der Waals surface area contributed by atoms with Gasteiger partial charge in [0.15, 0.2) is 4.77 Å². The second kappa shape index (κ2) is 5.26. The third kappa shape index (κ3) is 2.92. The van der Waals surface area contributed by atoms with E-state index in [1.54, 1.807) is 7.11 Å². The Morgan fingerprint density at radius 2 is 2.29 bits per heavy atom. The van der Waals surface area contributed by atoms with Crippen molar-refractivity contribution in [3.05, 3.63) is 10.6 Å². The van der Waals surface area contributed by atoms with Crippen LogP contribution in [0.5, 0.6) is 0 Å². The summed E-state index contributed by atoms with van der Waals surface area (Å²) in [7, 11) is 1.69. The second-order valence-electron chi connectivity index (χ2n) is 3.69. The van der Waals surface area contributed by atoms with Crippen molar-refractivity contribution in [1.82, 2.24) is 14.8 Å². The molecule has 5 heteroatoms. The van der Waals surface area contributed by atoms with Crippen molar-refractivity contribution in [1.29, 1.82) is 0 Å². The Balaban J connectivity index is 2.77. The second-order valence-corrected chi connectivity index (χ2v) is 4.08. The molecule has 0 aliphatic rings. The van der Waals surface area contributed by atoms with Crippen LogP contribution in [0.3, 0.4) is 0 Å². The highest BCUT2D eigenvalue weighted by molar-refractivity contribution is 7.71. The zero-order valence-electron chi connectivity index (χ0n) is 8.91. The zero-order chi connectivity index (χ0) is 10.6. The Hall–Kier alpha value is -0.680. The number of aromatic nitrogens is 3. The minimum atomic E-state index is 0.570. The summed E-state index contributed by atoms with van der Waals surface area (Å²) < 4.78 is 7.75. The molecule has 0 aliphatic heterocycles. The number of hydrogen-bond donors (Lipinski definition) is 1. The predicted octanol–water partition coefficient (Wildman–Crippen LogP) is 1.79. The maximum Gasteiger partial charge on any atom is 0.195 e. The van der Waals surface area contributed by atoms with Crippen molar-refractivity contribution in [2.45, 2.75) is 26.8 Å². The van der Waals surface area contributed by atoms with Gasteiger partial charge in [-0.1, -0.05) is 13.8 Å². The van der Waals surface area contributed by atoms with Crippen LogP contribution >= 0.6 is 12.2 Å². The number of H-pyrrole nitrogens is 1. The molecule has 14 heavy (non-hydrogen) atoms. The summed E-state index contributed by atoms with van der Waals surface area (Å²) in [5.41, 5.74) is 0. The molecule has 0 aromatic carbocycles. The highest BCUT2D eigenvalue weighted by Crippen LogP contribution is 2.04. The summed E-state index contributed by atoms with van der Waals surface area (Å²) in [6.07, 6.45) is 0.802. The molecule has 80 valence electrons. The molecule has 0 radical (unpaired) electrons. The van der Waals surface area contributed by atoms with Crippen molar-refractivity contribution >= 4 is 12.2 Å². The van der Waals surface area contributed by atoms with Crippen LogP contribution in [-0.2, 0) is 17.7 Å². The van der Waals surface area contributed by atoms with E-state index in [4.69, 9.17) is 17.0 Å². The summed E-state index contributed by atoms with van der Waals surface area (Å²) in [6.45, 7) is 5.91. The van der Waals surface area contributed by atoms with Crippen molar-refractivity contribution < 1.29 is 4.74 Å². The van der Waals surface area contributed by atoms with Crippen LogP contribution in [0.15, 0.2) is 0 Å². The van der Waals surface area contributed by atoms with Crippen LogP contribution < -0.4 is 0 Å². The zero-order valence-corrected chi connectivity index (χ0v) is 9.73. The van der Waals surface area contributed by atoms with E-state index in [0.29, 0.717) is 17.3 Å². The van der Waals surface area contributed by atoms with Gasteiger partial charge in [-0.2, -0.15) is 5.10 Å². The standard InChI is InChI=1S/C9H17N3OS/c1-7(2)6-12-8(4-5-13-3)10-11-9(12)14/h7H,4-6H2,1-3H3,(H,11,14). The average molecular weight is 215 g/mol. The third-order valence-electron chi connectivity index (χ3n) is 1.91. The molecule has 4 nitrogen and oxygen atoms in total. The fourth-order valence-corrected chi connectivity index (χ4v) is 1.51. The van der Waals surface area contributed by atoms with Gasteiger partial charge in [0, 0.05) is 20.1 Å². The van der Waals surface area contributed by atoms with Gasteiger partial charge in [-0.3, -0.25) is 5.10 Å². The first-order valence-corrected chi connectivity index (χ1v) is 5.19. The molecule has 0 fully saturated rings. The molecular weight excluding hydrogens is 198 g/mol. The first-order valence-electron chi connectivity index (χ1n) is 4.78. The lowest BCUT2D eigenvalue weighted by atomic mass is 10.2. The molecule has 1 aromatic heterocycles. The number of hydrogen-bond acceptors (Lipinski definition) is 3. The molecule has 0 amide bonds. The molecule has 1 heterocycles. The molecule has 0 saturated heterocycles. The maximum absolute atomic E-state index is 5.15. The molecule has 0 saturated carbocycles. The Kier molecular flexibility index (Phi) is 4.28. The normalized spacial score (nSPS) is 11.1. The van der Waals surface area contributed by atoms with Gasteiger partial charge in [0.1, 0.15) is 5.82 Å². The topological polar surface area (TPSA) is 42.8 Å². The lowest BCUT2D eigenvalue weighted by Gasteiger charge is -2.08. The summed E-state index contributed by atoms with van der Waals surface area (Å²) in [5.74, 6) is 1.55. The molecule has 0 aliphatic carbocycles. The van der Waals surface area contributed by atoms with Crippen LogP contribution in [0.1, 0.15) is 19.7 Å². The van der Waals surface area contributed by atoms with Crippen LogP contribution in [0.25, 0.3) is 0 Å². The predicted molar refractivity (Wildman–Crippen MR) is 57.8 cm³/mol. The molecule has 0 atom stereocenters. The van der Waals surface area contributed by atoms with E-state index in [0.717, 1.165) is 18.8 Å². The van der Waals surface area contributed by atoms with E-state index in [1.807, 2.05) is 4.57 Å². The molecule has 0 unspecified atom stereocenters. The van der Waals surface area contributed by atoms with E-state index < -0.39 is 0 Å². The fourth-order valence-electron chi connectivity index (χ4n) is 1.29. The van der Waals surface area contributed by atoms with Gasteiger partial charge in [-0.15, -0.1) is 0 Å². The minimum Gasteiger partial charge on any atom is -0.384 e. The van der Waals surface area contributed by atoms with Gasteiger partial charge in [-0.25, -0.2) is 0 Å². The van der Waals surface area contributed by atoms with Crippen molar-refractivity contribution in [3.63, 3.8) is 0 Å². The maximum atomic E-state index is 5.15. The highest BCUT2D eigenvalue weighted by atomic mass is 32.1. The summed E-state index contributed by atoms with van der Waals surface area (Å²) >= 11 is 5.15. The number of aromatic amines is 1. The highest BCUT2D eigenvalue weighted by Gasteiger charge is 2.06. The fraction of sp³-hybridized carbons (Fsp3) is 0.778. The summed E-state index contributed by atoms with van der Waals surface area (Å²) in [4.78, 5) is 0. The lowest BCUT2D eigenvalue weighted by Crippen LogP contribution is -2.10. The molecule has 0 spiro atoms. The van der Waals surface area contributed by atoms with Crippen LogP contribution in [0, 0.1) is 10.7 Å². The van der Waals surface area contributed by atoms with Gasteiger partial charge in [-0.05, 0) is 18.1 Å². The quantitative estimate of drug-likeness (QED) is 0.761. The SMILES string of the molecule is COCCc1n[nH]c(=S)n1CC(C)C. The van der Waals surface area contributed by atoms with E-state index in [9.17, 15) is 0 Å². The first-order chi connectivity index (χ1) is 6.65. The van der Waals surface area contributed by atoms with E-state index in [2.05, 4.69) is 24.0 Å². The Morgan fingerprint density at radius 3 is 2.86 bits per heavy atom. The Morgan fingerprint density at radius 1 is 1.57 bits per heavy atom. The lowest BCUT2D eigenvalue weighted by molar-refractivity contribution is 0.199. The van der Waals surface area contributed by atoms with Crippen molar-refractivity contribution in [3.8, 4) is 0 Å². The summed E-state index contributed by atoms with van der Waals surface area (Å²) in [5, 5.41) is 6.98. The van der Waals surface area contributed by atoms with E-state index in [-0.39, 0.29) is 0 Å². The van der Waals surface area contributed by atoms with Crippen LogP contribution in [0.4, 0.5) is 0 Å². The largest absolute Gasteiger partial charge is 0.384 e. The molecule has 1 aromatic rings. The molecule has 1 rings (SSSR count). The molecule has 0 bridgehead atoms. The number of methoxy groups -OCH3 is 1. The molecular formula is C9H17N3OS. The van der Waals surface area contributed by atoms with Crippen LogP contribution in [-0.4, -0.2) is 28.5 Å². The van der Waals surface area contributed by atoms with Gasteiger partial charge in [0.25, 0.3) is 0 Å². The molecule has 1 N–H and O–H groups in total. The number of ether oxygens (including phenoxy) is 1. The average Bonchev–Trinajstić information content (AvgIpc) is 2.45. The Labute approximate surface area is 89.3 Å². The Bertz CT molecular complexity index is 329. The van der Waals surface area contributed by atoms with Crippen LogP contribution in [0.2, 0.25) is 0 Å². The number of nitrogens with zero attached hydrogens (tertiary/aromatic N) is 2. The van der Waals surface area contributed by atoms with Gasteiger partial charge < -0.3 is 9.30 Å². The van der Waals surface area contributed by atoms with Gasteiger partial charge in [0.2, 0.25) is 0 Å². The number of rotatable bonds is 5.